The molecular weight excluding hydrogens is 289 g/mol. The van der Waals surface area contributed by atoms with Crippen LogP contribution in [0.2, 0.25) is 0 Å². The lowest BCUT2D eigenvalue weighted by Crippen LogP contribution is -2.18. The van der Waals surface area contributed by atoms with E-state index in [0.29, 0.717) is 18.2 Å². The number of nitrogens with zero attached hydrogens (tertiary/aromatic N) is 1. The number of ether oxygens (including phenoxy) is 1. The van der Waals surface area contributed by atoms with Crippen LogP contribution in [-0.4, -0.2) is 4.57 Å². The van der Waals surface area contributed by atoms with E-state index in [1.807, 2.05) is 49.4 Å². The third-order valence-electron chi connectivity index (χ3n) is 4.66. The van der Waals surface area contributed by atoms with Gasteiger partial charge in [-0.3, -0.25) is 0 Å². The van der Waals surface area contributed by atoms with Crippen molar-refractivity contribution in [2.45, 2.75) is 38.8 Å². The first-order valence-electron chi connectivity index (χ1n) is 8.20. The van der Waals surface area contributed by atoms with Gasteiger partial charge in [-0.25, -0.2) is 4.39 Å². The maximum Gasteiger partial charge on any atom is 0.195 e. The first-order valence-corrected chi connectivity index (χ1v) is 8.20. The standard InChI is InChI=1S/C20H20FNO/c1-14-10-16-12-19(23-13-15-6-3-2-4-7-15)22(17-8-5-9-17)20(16)18(21)11-14/h2-4,6-7,10-12,17H,5,8-9,13H2,1H3. The van der Waals surface area contributed by atoms with Gasteiger partial charge in [-0.05, 0) is 49.4 Å². The highest BCUT2D eigenvalue weighted by atomic mass is 19.1. The number of hydrogen-bond acceptors (Lipinski definition) is 1. The molecule has 0 radical (unpaired) electrons. The quantitative estimate of drug-likeness (QED) is 0.630. The van der Waals surface area contributed by atoms with Crippen LogP contribution in [0.4, 0.5) is 4.39 Å². The second-order valence-corrected chi connectivity index (χ2v) is 6.40. The second-order valence-electron chi connectivity index (χ2n) is 6.40. The fourth-order valence-corrected chi connectivity index (χ4v) is 3.29. The monoisotopic (exact) mass is 309 g/mol. The van der Waals surface area contributed by atoms with Gasteiger partial charge < -0.3 is 9.30 Å². The van der Waals surface area contributed by atoms with Gasteiger partial charge in [-0.1, -0.05) is 30.3 Å². The summed E-state index contributed by atoms with van der Waals surface area (Å²) in [4.78, 5) is 0. The van der Waals surface area contributed by atoms with Crippen LogP contribution in [0.25, 0.3) is 10.9 Å². The average Bonchev–Trinajstić information content (AvgIpc) is 2.83. The van der Waals surface area contributed by atoms with Crippen molar-refractivity contribution in [2.75, 3.05) is 0 Å². The fraction of sp³-hybridized carbons (Fsp3) is 0.300. The van der Waals surface area contributed by atoms with Crippen molar-refractivity contribution in [2.24, 2.45) is 0 Å². The molecule has 0 unspecified atom stereocenters. The first-order chi connectivity index (χ1) is 11.2. The van der Waals surface area contributed by atoms with Gasteiger partial charge in [-0.15, -0.1) is 0 Å². The summed E-state index contributed by atoms with van der Waals surface area (Å²) in [6.45, 7) is 2.43. The zero-order valence-electron chi connectivity index (χ0n) is 13.3. The molecule has 0 bridgehead atoms. The molecule has 3 aromatic rings. The number of fused-ring (bicyclic) bond motifs is 1. The van der Waals surface area contributed by atoms with Crippen LogP contribution in [0.1, 0.15) is 36.4 Å². The van der Waals surface area contributed by atoms with Gasteiger partial charge in [0.2, 0.25) is 0 Å². The van der Waals surface area contributed by atoms with Gasteiger partial charge in [0, 0.05) is 17.5 Å². The number of halogens is 1. The molecule has 0 aliphatic heterocycles. The van der Waals surface area contributed by atoms with Crippen molar-refractivity contribution in [3.63, 3.8) is 0 Å². The Hall–Kier alpha value is -2.29. The third-order valence-corrected chi connectivity index (χ3v) is 4.66. The van der Waals surface area contributed by atoms with Crippen LogP contribution >= 0.6 is 0 Å². The Morgan fingerprint density at radius 3 is 2.61 bits per heavy atom. The summed E-state index contributed by atoms with van der Waals surface area (Å²) in [5, 5.41) is 0.928. The normalized spacial score (nSPS) is 14.9. The van der Waals surface area contributed by atoms with Gasteiger partial charge >= 0.3 is 0 Å². The molecule has 3 heteroatoms. The highest BCUT2D eigenvalue weighted by molar-refractivity contribution is 5.84. The van der Waals surface area contributed by atoms with E-state index < -0.39 is 0 Å². The summed E-state index contributed by atoms with van der Waals surface area (Å²) < 4.78 is 22.7. The highest BCUT2D eigenvalue weighted by Crippen LogP contribution is 2.40. The van der Waals surface area contributed by atoms with E-state index in [9.17, 15) is 4.39 Å². The van der Waals surface area contributed by atoms with Gasteiger partial charge in [0.05, 0.1) is 5.52 Å². The number of rotatable bonds is 4. The smallest absolute Gasteiger partial charge is 0.195 e. The van der Waals surface area contributed by atoms with Crippen molar-refractivity contribution in [3.8, 4) is 5.88 Å². The molecule has 4 rings (SSSR count). The van der Waals surface area contributed by atoms with Crippen LogP contribution in [0.5, 0.6) is 5.88 Å². The molecule has 0 amide bonds. The molecule has 1 saturated carbocycles. The van der Waals surface area contributed by atoms with Gasteiger partial charge in [0.15, 0.2) is 5.88 Å². The predicted molar refractivity (Wildman–Crippen MR) is 90.3 cm³/mol. The molecule has 1 aliphatic carbocycles. The van der Waals surface area contributed by atoms with E-state index in [-0.39, 0.29) is 5.82 Å². The zero-order valence-corrected chi connectivity index (χ0v) is 13.3. The fourth-order valence-electron chi connectivity index (χ4n) is 3.29. The molecule has 0 saturated heterocycles. The van der Waals surface area contributed by atoms with Crippen molar-refractivity contribution < 1.29 is 9.13 Å². The number of aryl methyl sites for hydroxylation is 1. The van der Waals surface area contributed by atoms with Crippen LogP contribution < -0.4 is 4.74 Å². The topological polar surface area (TPSA) is 14.2 Å². The summed E-state index contributed by atoms with van der Waals surface area (Å²) in [7, 11) is 0. The predicted octanol–water partition coefficient (Wildman–Crippen LogP) is 5.39. The van der Waals surface area contributed by atoms with Crippen LogP contribution in [0.3, 0.4) is 0 Å². The Balaban J connectivity index is 1.74. The third kappa shape index (κ3) is 2.61. The summed E-state index contributed by atoms with van der Waals surface area (Å²) in [5.41, 5.74) is 2.74. The SMILES string of the molecule is Cc1cc(F)c2c(c1)cc(OCc1ccccc1)n2C1CCC1. The van der Waals surface area contributed by atoms with Crippen LogP contribution in [-0.2, 0) is 6.61 Å². The van der Waals surface area contributed by atoms with Crippen molar-refractivity contribution in [3.05, 3.63) is 65.5 Å². The maximum absolute atomic E-state index is 14.5. The molecule has 1 heterocycles. The van der Waals surface area contributed by atoms with Crippen molar-refractivity contribution in [1.29, 1.82) is 0 Å². The van der Waals surface area contributed by atoms with Crippen LogP contribution in [0.15, 0.2) is 48.5 Å². The minimum atomic E-state index is -0.151. The lowest BCUT2D eigenvalue weighted by atomic mass is 9.93. The van der Waals surface area contributed by atoms with E-state index in [4.69, 9.17) is 4.74 Å². The Morgan fingerprint density at radius 2 is 1.91 bits per heavy atom. The molecule has 2 nitrogen and oxygen atoms in total. The molecule has 1 fully saturated rings. The molecule has 0 atom stereocenters. The average molecular weight is 309 g/mol. The Labute approximate surface area is 135 Å². The minimum absolute atomic E-state index is 0.151. The molecule has 0 spiro atoms. The summed E-state index contributed by atoms with van der Waals surface area (Å²) in [5.74, 6) is 0.625. The Bertz CT molecular complexity index is 834. The highest BCUT2D eigenvalue weighted by Gasteiger charge is 2.26. The van der Waals surface area contributed by atoms with Gasteiger partial charge in [-0.2, -0.15) is 0 Å². The zero-order chi connectivity index (χ0) is 15.8. The molecule has 1 aromatic heterocycles. The summed E-state index contributed by atoms with van der Waals surface area (Å²) >= 11 is 0. The Kier molecular flexibility index (Phi) is 3.56. The lowest BCUT2D eigenvalue weighted by molar-refractivity contribution is 0.239. The largest absolute Gasteiger partial charge is 0.474 e. The van der Waals surface area contributed by atoms with Crippen LogP contribution in [0, 0.1) is 12.7 Å². The molecular formula is C20H20FNO. The van der Waals surface area contributed by atoms with E-state index >= 15 is 0 Å². The maximum atomic E-state index is 14.5. The summed E-state index contributed by atoms with van der Waals surface area (Å²) in [6.07, 6.45) is 3.40. The molecule has 23 heavy (non-hydrogen) atoms. The van der Waals surface area contributed by atoms with E-state index in [1.165, 1.54) is 6.42 Å². The van der Waals surface area contributed by atoms with E-state index in [0.717, 1.165) is 35.2 Å². The molecule has 2 aromatic carbocycles. The summed E-state index contributed by atoms with van der Waals surface area (Å²) in [6, 6.07) is 16.1. The number of benzene rings is 2. The second kappa shape index (κ2) is 5.73. The number of aromatic nitrogens is 1. The molecule has 0 N–H and O–H groups in total. The first kappa shape index (κ1) is 14.3. The Morgan fingerprint density at radius 1 is 1.13 bits per heavy atom. The van der Waals surface area contributed by atoms with E-state index in [1.54, 1.807) is 6.07 Å². The lowest BCUT2D eigenvalue weighted by Gasteiger charge is -2.29. The van der Waals surface area contributed by atoms with Crippen molar-refractivity contribution >= 4 is 10.9 Å². The minimum Gasteiger partial charge on any atom is -0.474 e. The van der Waals surface area contributed by atoms with Gasteiger partial charge in [0.25, 0.3) is 0 Å². The number of hydrogen-bond donors (Lipinski definition) is 0. The van der Waals surface area contributed by atoms with E-state index in [2.05, 4.69) is 4.57 Å². The van der Waals surface area contributed by atoms with Gasteiger partial charge in [0.1, 0.15) is 12.4 Å². The molecule has 1 aliphatic rings. The van der Waals surface area contributed by atoms with Crippen molar-refractivity contribution in [1.82, 2.24) is 4.57 Å². The molecule has 118 valence electrons.